The van der Waals surface area contributed by atoms with E-state index in [1.54, 1.807) is 0 Å². The average Bonchev–Trinajstić information content (AvgIpc) is 2.53. The number of benzene rings is 1. The highest BCUT2D eigenvalue weighted by atomic mass is 32.2. The Balaban J connectivity index is 1.82. The predicted octanol–water partition coefficient (Wildman–Crippen LogP) is 1.05. The zero-order chi connectivity index (χ0) is 16.6. The Morgan fingerprint density at radius 2 is 2.09 bits per heavy atom. The van der Waals surface area contributed by atoms with Crippen molar-refractivity contribution >= 4 is 15.7 Å². The highest BCUT2D eigenvalue weighted by Gasteiger charge is 2.35. The van der Waals surface area contributed by atoms with E-state index in [-0.39, 0.29) is 22.3 Å². The van der Waals surface area contributed by atoms with Crippen LogP contribution in [0.25, 0.3) is 0 Å². The summed E-state index contributed by atoms with van der Waals surface area (Å²) in [4.78, 5) is 2.23. The largest absolute Gasteiger partial charge is 0.409 e. The Morgan fingerprint density at radius 1 is 1.39 bits per heavy atom. The molecule has 0 amide bonds. The molecule has 0 aromatic heterocycles. The van der Waals surface area contributed by atoms with Gasteiger partial charge in [0.15, 0.2) is 15.7 Å². The number of hydrogen-bond acceptors (Lipinski definition) is 5. The molecule has 3 saturated heterocycles. The van der Waals surface area contributed by atoms with Gasteiger partial charge in [-0.05, 0) is 50.0 Å². The fraction of sp³-hybridized carbons (Fsp3) is 0.533. The lowest BCUT2D eigenvalue weighted by Crippen LogP contribution is -2.57. The number of nitrogens with one attached hydrogen (secondary N) is 1. The van der Waals surface area contributed by atoms with Gasteiger partial charge in [0.2, 0.25) is 0 Å². The van der Waals surface area contributed by atoms with Crippen molar-refractivity contribution in [3.8, 4) is 0 Å². The van der Waals surface area contributed by atoms with Crippen LogP contribution in [-0.4, -0.2) is 56.3 Å². The van der Waals surface area contributed by atoms with Crippen molar-refractivity contribution in [2.75, 3.05) is 25.9 Å². The molecule has 0 aliphatic carbocycles. The summed E-state index contributed by atoms with van der Waals surface area (Å²) in [6.07, 6.45) is 3.17. The maximum atomic E-state index is 14.3. The first-order valence-electron chi connectivity index (χ1n) is 7.59. The highest BCUT2D eigenvalue weighted by molar-refractivity contribution is 7.90. The van der Waals surface area contributed by atoms with Gasteiger partial charge in [-0.2, -0.15) is 0 Å². The van der Waals surface area contributed by atoms with E-state index in [0.29, 0.717) is 5.92 Å². The Labute approximate surface area is 134 Å². The van der Waals surface area contributed by atoms with Gasteiger partial charge in [0.25, 0.3) is 0 Å². The molecule has 23 heavy (non-hydrogen) atoms. The third-order valence-corrected chi connectivity index (χ3v) is 5.81. The van der Waals surface area contributed by atoms with Crippen molar-refractivity contribution in [3.05, 3.63) is 29.6 Å². The third kappa shape index (κ3) is 3.32. The van der Waals surface area contributed by atoms with Crippen molar-refractivity contribution in [1.29, 1.82) is 0 Å². The number of piperidine rings is 3. The Bertz CT molecular complexity index is 727. The van der Waals surface area contributed by atoms with E-state index < -0.39 is 15.7 Å². The third-order valence-electron chi connectivity index (χ3n) is 4.70. The summed E-state index contributed by atoms with van der Waals surface area (Å²) in [6.45, 7) is 2.99. The van der Waals surface area contributed by atoms with Gasteiger partial charge in [-0.25, -0.2) is 12.8 Å². The van der Waals surface area contributed by atoms with Crippen LogP contribution in [0.4, 0.5) is 4.39 Å². The van der Waals surface area contributed by atoms with Gasteiger partial charge in [-0.1, -0.05) is 5.16 Å². The lowest BCUT2D eigenvalue weighted by molar-refractivity contribution is 0.0808. The molecule has 3 aliphatic rings. The number of fused-ring (bicyclic) bond motifs is 3. The molecular formula is C15H20FN3O3S. The monoisotopic (exact) mass is 341 g/mol. The summed E-state index contributed by atoms with van der Waals surface area (Å²) in [6, 6.07) is 3.71. The summed E-state index contributed by atoms with van der Waals surface area (Å²) in [5.74, 6) is -0.203. The van der Waals surface area contributed by atoms with Crippen LogP contribution in [0.15, 0.2) is 28.3 Å². The molecule has 0 spiro atoms. The van der Waals surface area contributed by atoms with Crippen LogP contribution >= 0.6 is 0 Å². The maximum Gasteiger partial charge on any atom is 0.175 e. The van der Waals surface area contributed by atoms with Gasteiger partial charge in [0.05, 0.1) is 10.5 Å². The highest BCUT2D eigenvalue weighted by Crippen LogP contribution is 2.28. The van der Waals surface area contributed by atoms with Crippen molar-refractivity contribution in [2.45, 2.75) is 23.8 Å². The zero-order valence-corrected chi connectivity index (χ0v) is 13.7. The first kappa shape index (κ1) is 16.2. The van der Waals surface area contributed by atoms with Crippen LogP contribution in [0.3, 0.4) is 0 Å². The van der Waals surface area contributed by atoms with Crippen LogP contribution in [0.1, 0.15) is 18.4 Å². The van der Waals surface area contributed by atoms with Gasteiger partial charge in [0, 0.05) is 18.8 Å². The molecule has 1 atom stereocenters. The summed E-state index contributed by atoms with van der Waals surface area (Å²) < 4.78 is 37.2. The Morgan fingerprint density at radius 3 is 2.57 bits per heavy atom. The molecule has 126 valence electrons. The molecule has 2 N–H and O–H groups in total. The predicted molar refractivity (Wildman–Crippen MR) is 83.9 cm³/mol. The molecule has 4 rings (SSSR count). The number of amidine groups is 1. The van der Waals surface area contributed by atoms with Crippen molar-refractivity contribution in [3.63, 3.8) is 0 Å². The molecule has 0 radical (unpaired) electrons. The number of nitrogens with zero attached hydrogens (tertiary/aromatic N) is 2. The summed E-state index contributed by atoms with van der Waals surface area (Å²) in [5.41, 5.74) is 0.0661. The van der Waals surface area contributed by atoms with E-state index in [4.69, 9.17) is 0 Å². The van der Waals surface area contributed by atoms with E-state index in [1.165, 1.54) is 12.1 Å². The molecule has 3 heterocycles. The smallest absolute Gasteiger partial charge is 0.175 e. The normalized spacial score (nSPS) is 27.9. The van der Waals surface area contributed by atoms with Gasteiger partial charge in [-0.3, -0.25) is 0 Å². The summed E-state index contributed by atoms with van der Waals surface area (Å²) in [7, 11) is -3.48. The quantitative estimate of drug-likeness (QED) is 0.372. The van der Waals surface area contributed by atoms with E-state index in [0.717, 1.165) is 44.8 Å². The maximum absolute atomic E-state index is 14.3. The van der Waals surface area contributed by atoms with E-state index in [9.17, 15) is 18.0 Å². The molecule has 2 bridgehead atoms. The molecule has 0 saturated carbocycles. The van der Waals surface area contributed by atoms with Crippen LogP contribution < -0.4 is 5.32 Å². The number of hydrogen-bond donors (Lipinski definition) is 2. The molecule has 6 nitrogen and oxygen atoms in total. The Kier molecular flexibility index (Phi) is 4.29. The average molecular weight is 341 g/mol. The van der Waals surface area contributed by atoms with E-state index >= 15 is 0 Å². The first-order valence-corrected chi connectivity index (χ1v) is 9.48. The van der Waals surface area contributed by atoms with Gasteiger partial charge in [-0.15, -0.1) is 0 Å². The lowest BCUT2D eigenvalue weighted by Gasteiger charge is -2.45. The Hall–Kier alpha value is -1.67. The van der Waals surface area contributed by atoms with Crippen molar-refractivity contribution in [1.82, 2.24) is 10.2 Å². The first-order chi connectivity index (χ1) is 10.9. The molecule has 0 unspecified atom stereocenters. The molecule has 8 heteroatoms. The molecular weight excluding hydrogens is 321 g/mol. The van der Waals surface area contributed by atoms with Crippen molar-refractivity contribution < 1.29 is 18.0 Å². The van der Waals surface area contributed by atoms with Crippen LogP contribution in [0, 0.1) is 11.7 Å². The second-order valence-electron chi connectivity index (χ2n) is 6.25. The van der Waals surface area contributed by atoms with E-state index in [2.05, 4.69) is 15.4 Å². The number of rotatable bonds is 3. The number of oxime groups is 1. The summed E-state index contributed by atoms with van der Waals surface area (Å²) >= 11 is 0. The zero-order valence-electron chi connectivity index (χ0n) is 12.9. The minimum atomic E-state index is -3.48. The fourth-order valence-corrected chi connectivity index (χ4v) is 4.02. The van der Waals surface area contributed by atoms with Crippen molar-refractivity contribution in [2.24, 2.45) is 11.1 Å². The van der Waals surface area contributed by atoms with Crippen LogP contribution in [0.5, 0.6) is 0 Å². The van der Waals surface area contributed by atoms with Gasteiger partial charge >= 0.3 is 0 Å². The molecule has 3 aliphatic heterocycles. The molecule has 3 fully saturated rings. The molecule has 1 aromatic rings. The minimum Gasteiger partial charge on any atom is -0.409 e. The fourth-order valence-electron chi connectivity index (χ4n) is 3.38. The topological polar surface area (TPSA) is 82.0 Å². The second kappa shape index (κ2) is 6.09. The van der Waals surface area contributed by atoms with Gasteiger partial charge < -0.3 is 15.4 Å². The second-order valence-corrected chi connectivity index (χ2v) is 8.27. The van der Waals surface area contributed by atoms with Crippen LogP contribution in [-0.2, 0) is 9.84 Å². The summed E-state index contributed by atoms with van der Waals surface area (Å²) in [5, 5.41) is 15.6. The molecule has 1 aromatic carbocycles. The number of sulfone groups is 1. The standard InChI is InChI=1S/C15H20FN3O3S/c1-23(21,22)11-2-3-12(13(16)8-11)15(18-20)17-14-9-19-6-4-10(14)5-7-19/h2-3,8,10,14,20H,4-7,9H2,1H3,(H,17,18)/t14-/m0/s1. The SMILES string of the molecule is CS(=O)(=O)c1ccc(/C(=N\O)N[C@H]2CN3CCC2CC3)c(F)c1. The van der Waals surface area contributed by atoms with Gasteiger partial charge in [0.1, 0.15) is 5.82 Å². The lowest BCUT2D eigenvalue weighted by atomic mass is 9.84. The minimum absolute atomic E-state index is 0.0429. The number of halogens is 1. The van der Waals surface area contributed by atoms with Crippen LogP contribution in [0.2, 0.25) is 0 Å². The van der Waals surface area contributed by atoms with E-state index in [1.807, 2.05) is 0 Å².